The summed E-state index contributed by atoms with van der Waals surface area (Å²) in [6, 6.07) is 8.69. The van der Waals surface area contributed by atoms with Crippen molar-refractivity contribution in [2.75, 3.05) is 11.1 Å². The summed E-state index contributed by atoms with van der Waals surface area (Å²) in [5.41, 5.74) is 6.90. The molecule has 0 amide bonds. The SMILES string of the molecule is CCCc1nc(N)cc(Nc2cc(C#N)ccc2Cl)n1. The minimum atomic E-state index is 0.401. The molecule has 0 atom stereocenters. The molecule has 0 fully saturated rings. The van der Waals surface area contributed by atoms with E-state index in [0.717, 1.165) is 12.8 Å². The monoisotopic (exact) mass is 287 g/mol. The molecular formula is C14H14ClN5. The third-order valence-corrected chi connectivity index (χ3v) is 2.95. The summed E-state index contributed by atoms with van der Waals surface area (Å²) in [6.45, 7) is 2.05. The van der Waals surface area contributed by atoms with Gasteiger partial charge in [-0.3, -0.25) is 0 Å². The maximum atomic E-state index is 8.91. The highest BCUT2D eigenvalue weighted by Crippen LogP contribution is 2.26. The molecule has 6 heteroatoms. The summed E-state index contributed by atoms with van der Waals surface area (Å²) >= 11 is 6.10. The molecule has 0 bridgehead atoms. The predicted octanol–water partition coefficient (Wildman–Crippen LogP) is 3.28. The van der Waals surface area contributed by atoms with Gasteiger partial charge in [-0.2, -0.15) is 5.26 Å². The molecular weight excluding hydrogens is 274 g/mol. The summed E-state index contributed by atoms with van der Waals surface area (Å²) in [6.07, 6.45) is 1.69. The van der Waals surface area contributed by atoms with Gasteiger partial charge in [0.05, 0.1) is 22.3 Å². The van der Waals surface area contributed by atoms with E-state index in [-0.39, 0.29) is 0 Å². The first-order valence-corrected chi connectivity index (χ1v) is 6.60. The van der Waals surface area contributed by atoms with E-state index in [0.29, 0.717) is 33.7 Å². The molecule has 20 heavy (non-hydrogen) atoms. The molecule has 0 aliphatic carbocycles. The van der Waals surface area contributed by atoms with Crippen LogP contribution in [0, 0.1) is 11.3 Å². The molecule has 2 rings (SSSR count). The van der Waals surface area contributed by atoms with Crippen molar-refractivity contribution in [3.05, 3.63) is 40.7 Å². The lowest BCUT2D eigenvalue weighted by Gasteiger charge is -2.10. The maximum absolute atomic E-state index is 8.91. The number of aromatic nitrogens is 2. The van der Waals surface area contributed by atoms with Crippen molar-refractivity contribution in [1.82, 2.24) is 9.97 Å². The van der Waals surface area contributed by atoms with Crippen LogP contribution in [0.5, 0.6) is 0 Å². The first kappa shape index (κ1) is 14.1. The molecule has 0 saturated carbocycles. The molecule has 0 aliphatic heterocycles. The normalized spacial score (nSPS) is 10.1. The molecule has 0 spiro atoms. The molecule has 0 unspecified atom stereocenters. The van der Waals surface area contributed by atoms with Gasteiger partial charge in [-0.15, -0.1) is 0 Å². The maximum Gasteiger partial charge on any atom is 0.136 e. The van der Waals surface area contributed by atoms with Crippen LogP contribution in [0.3, 0.4) is 0 Å². The number of halogens is 1. The van der Waals surface area contributed by atoms with E-state index in [2.05, 4.69) is 21.4 Å². The lowest BCUT2D eigenvalue weighted by molar-refractivity contribution is 0.839. The van der Waals surface area contributed by atoms with Gasteiger partial charge in [0.2, 0.25) is 0 Å². The number of nitrogens with one attached hydrogen (secondary N) is 1. The van der Waals surface area contributed by atoms with Crippen LogP contribution < -0.4 is 11.1 Å². The summed E-state index contributed by atoms with van der Waals surface area (Å²) in [5, 5.41) is 12.5. The minimum absolute atomic E-state index is 0.401. The number of benzene rings is 1. The van der Waals surface area contributed by atoms with Gasteiger partial charge in [0, 0.05) is 12.5 Å². The predicted molar refractivity (Wildman–Crippen MR) is 79.9 cm³/mol. The number of nitrogens with two attached hydrogens (primary N) is 1. The van der Waals surface area contributed by atoms with Gasteiger partial charge in [0.25, 0.3) is 0 Å². The summed E-state index contributed by atoms with van der Waals surface area (Å²) in [5.74, 6) is 1.65. The van der Waals surface area contributed by atoms with Gasteiger partial charge in [0.1, 0.15) is 17.5 Å². The van der Waals surface area contributed by atoms with Crippen LogP contribution in [-0.4, -0.2) is 9.97 Å². The van der Waals surface area contributed by atoms with Crippen LogP contribution in [0.15, 0.2) is 24.3 Å². The van der Waals surface area contributed by atoms with E-state index in [1.54, 1.807) is 24.3 Å². The Hall–Kier alpha value is -2.32. The summed E-state index contributed by atoms with van der Waals surface area (Å²) in [7, 11) is 0. The fourth-order valence-corrected chi connectivity index (χ4v) is 1.91. The van der Waals surface area contributed by atoms with Gasteiger partial charge in [-0.05, 0) is 24.6 Å². The first-order chi connectivity index (χ1) is 9.62. The molecule has 102 valence electrons. The minimum Gasteiger partial charge on any atom is -0.384 e. The highest BCUT2D eigenvalue weighted by Gasteiger charge is 2.06. The largest absolute Gasteiger partial charge is 0.384 e. The van der Waals surface area contributed by atoms with Crippen molar-refractivity contribution in [1.29, 1.82) is 5.26 Å². The Morgan fingerprint density at radius 2 is 2.15 bits per heavy atom. The number of hydrogen-bond acceptors (Lipinski definition) is 5. The number of nitrogens with zero attached hydrogens (tertiary/aromatic N) is 3. The Kier molecular flexibility index (Phi) is 4.38. The third kappa shape index (κ3) is 3.37. The molecule has 3 N–H and O–H groups in total. The topological polar surface area (TPSA) is 87.6 Å². The molecule has 2 aromatic rings. The quantitative estimate of drug-likeness (QED) is 0.901. The number of anilines is 3. The second-order valence-electron chi connectivity index (χ2n) is 4.28. The highest BCUT2D eigenvalue weighted by molar-refractivity contribution is 6.33. The van der Waals surface area contributed by atoms with Crippen LogP contribution in [0.25, 0.3) is 0 Å². The fourth-order valence-electron chi connectivity index (χ4n) is 1.75. The molecule has 0 aliphatic rings. The Labute approximate surface area is 122 Å². The van der Waals surface area contributed by atoms with Crippen molar-refractivity contribution < 1.29 is 0 Å². The molecule has 1 heterocycles. The fraction of sp³-hybridized carbons (Fsp3) is 0.214. The summed E-state index contributed by atoms with van der Waals surface area (Å²) in [4.78, 5) is 8.53. The Bertz CT molecular complexity index is 663. The highest BCUT2D eigenvalue weighted by atomic mass is 35.5. The zero-order valence-electron chi connectivity index (χ0n) is 11.0. The van der Waals surface area contributed by atoms with E-state index in [1.807, 2.05) is 6.92 Å². The van der Waals surface area contributed by atoms with E-state index < -0.39 is 0 Å². The summed E-state index contributed by atoms with van der Waals surface area (Å²) < 4.78 is 0. The number of aryl methyl sites for hydroxylation is 1. The van der Waals surface area contributed by atoms with Gasteiger partial charge in [0.15, 0.2) is 0 Å². The average molecular weight is 288 g/mol. The molecule has 0 saturated heterocycles. The van der Waals surface area contributed by atoms with Gasteiger partial charge >= 0.3 is 0 Å². The van der Waals surface area contributed by atoms with Crippen molar-refractivity contribution in [3.8, 4) is 6.07 Å². The molecule has 1 aromatic carbocycles. The Balaban J connectivity index is 2.32. The standard InChI is InChI=1S/C14H14ClN5/c1-2-3-13-19-12(17)7-14(20-13)18-11-6-9(8-16)4-5-10(11)15/h4-7H,2-3H2,1H3,(H3,17,18,19,20). The van der Waals surface area contributed by atoms with Gasteiger partial charge in [-0.25, -0.2) is 9.97 Å². The zero-order valence-corrected chi connectivity index (χ0v) is 11.8. The first-order valence-electron chi connectivity index (χ1n) is 6.22. The average Bonchev–Trinajstić information content (AvgIpc) is 2.41. The second-order valence-corrected chi connectivity index (χ2v) is 4.68. The third-order valence-electron chi connectivity index (χ3n) is 2.62. The van der Waals surface area contributed by atoms with Crippen molar-refractivity contribution in [2.45, 2.75) is 19.8 Å². The molecule has 1 aromatic heterocycles. The zero-order chi connectivity index (χ0) is 14.5. The number of hydrogen-bond donors (Lipinski definition) is 2. The number of rotatable bonds is 4. The van der Waals surface area contributed by atoms with Crippen molar-refractivity contribution in [3.63, 3.8) is 0 Å². The Morgan fingerprint density at radius 1 is 1.35 bits per heavy atom. The van der Waals surface area contributed by atoms with Crippen LogP contribution in [0.1, 0.15) is 24.7 Å². The van der Waals surface area contributed by atoms with Crippen molar-refractivity contribution in [2.24, 2.45) is 0 Å². The van der Waals surface area contributed by atoms with Crippen LogP contribution >= 0.6 is 11.6 Å². The second kappa shape index (κ2) is 6.22. The molecule has 5 nitrogen and oxygen atoms in total. The van der Waals surface area contributed by atoms with Crippen molar-refractivity contribution >= 4 is 28.9 Å². The smallest absolute Gasteiger partial charge is 0.136 e. The van der Waals surface area contributed by atoms with Crippen LogP contribution in [0.4, 0.5) is 17.3 Å². The lowest BCUT2D eigenvalue weighted by Crippen LogP contribution is -2.03. The van der Waals surface area contributed by atoms with E-state index in [1.165, 1.54) is 0 Å². The number of nitrogen functional groups attached to an aromatic ring is 1. The van der Waals surface area contributed by atoms with E-state index in [4.69, 9.17) is 22.6 Å². The van der Waals surface area contributed by atoms with Crippen LogP contribution in [-0.2, 0) is 6.42 Å². The van der Waals surface area contributed by atoms with Gasteiger partial charge in [-0.1, -0.05) is 18.5 Å². The lowest BCUT2D eigenvalue weighted by atomic mass is 10.2. The van der Waals surface area contributed by atoms with Gasteiger partial charge < -0.3 is 11.1 Å². The Morgan fingerprint density at radius 3 is 2.85 bits per heavy atom. The van der Waals surface area contributed by atoms with E-state index in [9.17, 15) is 0 Å². The number of nitriles is 1. The van der Waals surface area contributed by atoms with Crippen LogP contribution in [0.2, 0.25) is 5.02 Å². The van der Waals surface area contributed by atoms with E-state index >= 15 is 0 Å². The molecule has 0 radical (unpaired) electrons.